The maximum absolute atomic E-state index is 10.9. The molecular weight excluding hydrogens is 226 g/mol. The van der Waals surface area contributed by atoms with Crippen LogP contribution in [0.25, 0.3) is 0 Å². The highest BCUT2D eigenvalue weighted by Crippen LogP contribution is 2.12. The van der Waals surface area contributed by atoms with Gasteiger partial charge in [0.1, 0.15) is 5.84 Å². The molecule has 1 aliphatic heterocycles. The van der Waals surface area contributed by atoms with Crippen LogP contribution in [0.5, 0.6) is 0 Å². The van der Waals surface area contributed by atoms with Crippen molar-refractivity contribution >= 4 is 18.3 Å². The molecule has 0 saturated carbocycles. The molecule has 0 aliphatic carbocycles. The van der Waals surface area contributed by atoms with Gasteiger partial charge in [-0.1, -0.05) is 6.08 Å². The third kappa shape index (κ3) is 3.95. The number of likely N-dealkylation sites (tertiary alicyclic amines) is 1. The molecule has 98 valence electrons. The van der Waals surface area contributed by atoms with E-state index in [1.807, 2.05) is 26.0 Å². The van der Waals surface area contributed by atoms with Gasteiger partial charge in [-0.05, 0) is 32.8 Å². The van der Waals surface area contributed by atoms with E-state index in [0.717, 1.165) is 25.2 Å². The second-order valence-corrected chi connectivity index (χ2v) is 4.21. The molecule has 18 heavy (non-hydrogen) atoms. The smallest absolute Gasteiger partial charge is 0.153 e. The van der Waals surface area contributed by atoms with Crippen LogP contribution in [-0.2, 0) is 4.79 Å². The van der Waals surface area contributed by atoms with Crippen molar-refractivity contribution in [2.24, 2.45) is 9.98 Å². The third-order valence-electron chi connectivity index (χ3n) is 2.84. The molecule has 1 fully saturated rings. The number of amidine groups is 1. The number of allylic oxidation sites excluding steroid dienone is 3. The van der Waals surface area contributed by atoms with Gasteiger partial charge in [0, 0.05) is 26.4 Å². The summed E-state index contributed by atoms with van der Waals surface area (Å²) in [5.74, 6) is 0.927. The van der Waals surface area contributed by atoms with Gasteiger partial charge >= 0.3 is 0 Å². The zero-order valence-electron chi connectivity index (χ0n) is 11.4. The lowest BCUT2D eigenvalue weighted by Crippen LogP contribution is -2.26. The summed E-state index contributed by atoms with van der Waals surface area (Å²) < 4.78 is 0. The molecular formula is C14H21N3O. The van der Waals surface area contributed by atoms with E-state index < -0.39 is 0 Å². The first-order chi connectivity index (χ1) is 8.72. The molecule has 0 N–H and O–H groups in total. The summed E-state index contributed by atoms with van der Waals surface area (Å²) in [7, 11) is 1.65. The first-order valence-electron chi connectivity index (χ1n) is 6.27. The Morgan fingerprint density at radius 1 is 1.28 bits per heavy atom. The maximum atomic E-state index is 10.9. The van der Waals surface area contributed by atoms with Crippen LogP contribution in [-0.4, -0.2) is 43.4 Å². The summed E-state index contributed by atoms with van der Waals surface area (Å²) in [6.45, 7) is 5.88. The van der Waals surface area contributed by atoms with Crippen molar-refractivity contribution in [2.75, 3.05) is 20.1 Å². The normalized spacial score (nSPS) is 18.8. The van der Waals surface area contributed by atoms with Crippen LogP contribution in [0.15, 0.2) is 33.4 Å². The van der Waals surface area contributed by atoms with Crippen molar-refractivity contribution in [1.29, 1.82) is 0 Å². The van der Waals surface area contributed by atoms with Crippen LogP contribution >= 0.6 is 0 Å². The molecule has 0 aromatic heterocycles. The van der Waals surface area contributed by atoms with Crippen molar-refractivity contribution in [3.63, 3.8) is 0 Å². The van der Waals surface area contributed by atoms with Crippen LogP contribution in [0.4, 0.5) is 0 Å². The zero-order valence-corrected chi connectivity index (χ0v) is 11.4. The van der Waals surface area contributed by atoms with Gasteiger partial charge in [-0.3, -0.25) is 9.79 Å². The van der Waals surface area contributed by atoms with Crippen molar-refractivity contribution in [2.45, 2.75) is 26.7 Å². The van der Waals surface area contributed by atoms with Crippen LogP contribution in [0.2, 0.25) is 0 Å². The van der Waals surface area contributed by atoms with E-state index in [4.69, 9.17) is 0 Å². The Bertz CT molecular complexity index is 399. The fourth-order valence-electron chi connectivity index (χ4n) is 1.89. The summed E-state index contributed by atoms with van der Waals surface area (Å²) >= 11 is 0. The molecule has 0 spiro atoms. The Morgan fingerprint density at radius 2 is 1.94 bits per heavy atom. The standard InChI is InChI=1S/C14H21N3O/c1-4-7-14(17-8-5-6-9-17)16-12(2)13(11-18)10-15-3/h4,7,10-11H,5-6,8-9H2,1-3H3/b7-4-,13-12-,15-10?,16-14+. The molecule has 4 nitrogen and oxygen atoms in total. The van der Waals surface area contributed by atoms with E-state index >= 15 is 0 Å². The van der Waals surface area contributed by atoms with Gasteiger partial charge in [-0.15, -0.1) is 0 Å². The average molecular weight is 247 g/mol. The predicted molar refractivity (Wildman–Crippen MR) is 76.2 cm³/mol. The number of carbonyl (C=O) groups is 1. The summed E-state index contributed by atoms with van der Waals surface area (Å²) in [4.78, 5) is 21.6. The van der Waals surface area contributed by atoms with E-state index in [1.165, 1.54) is 12.8 Å². The minimum Gasteiger partial charge on any atom is -0.357 e. The lowest BCUT2D eigenvalue weighted by atomic mass is 10.2. The summed E-state index contributed by atoms with van der Waals surface area (Å²) in [6.07, 6.45) is 8.71. The number of carbonyl (C=O) groups excluding carboxylic acids is 1. The molecule has 1 aliphatic rings. The number of hydrogen-bond donors (Lipinski definition) is 0. The lowest BCUT2D eigenvalue weighted by Gasteiger charge is -2.17. The molecule has 0 aromatic rings. The van der Waals surface area contributed by atoms with Crippen molar-refractivity contribution < 1.29 is 4.79 Å². The van der Waals surface area contributed by atoms with E-state index in [9.17, 15) is 4.79 Å². The summed E-state index contributed by atoms with van der Waals surface area (Å²) in [5.41, 5.74) is 1.23. The highest BCUT2D eigenvalue weighted by atomic mass is 16.1. The first-order valence-corrected chi connectivity index (χ1v) is 6.27. The quantitative estimate of drug-likeness (QED) is 0.331. The van der Waals surface area contributed by atoms with E-state index in [-0.39, 0.29) is 0 Å². The fourth-order valence-corrected chi connectivity index (χ4v) is 1.89. The average Bonchev–Trinajstić information content (AvgIpc) is 2.89. The van der Waals surface area contributed by atoms with Gasteiger partial charge in [0.2, 0.25) is 0 Å². The topological polar surface area (TPSA) is 45.0 Å². The number of nitrogens with zero attached hydrogens (tertiary/aromatic N) is 3. The second kappa shape index (κ2) is 7.58. The molecule has 0 aromatic carbocycles. The van der Waals surface area contributed by atoms with Crippen molar-refractivity contribution in [1.82, 2.24) is 4.90 Å². The van der Waals surface area contributed by atoms with E-state index in [2.05, 4.69) is 14.9 Å². The van der Waals surface area contributed by atoms with E-state index in [0.29, 0.717) is 11.3 Å². The predicted octanol–water partition coefficient (Wildman–Crippen LogP) is 2.23. The molecule has 0 atom stereocenters. The van der Waals surface area contributed by atoms with Crippen molar-refractivity contribution in [3.05, 3.63) is 23.4 Å². The van der Waals surface area contributed by atoms with Gasteiger partial charge in [0.05, 0.1) is 11.3 Å². The third-order valence-corrected chi connectivity index (χ3v) is 2.84. The lowest BCUT2D eigenvalue weighted by molar-refractivity contribution is -0.104. The number of rotatable bonds is 4. The largest absolute Gasteiger partial charge is 0.357 e. The fraction of sp³-hybridized carbons (Fsp3) is 0.500. The number of aliphatic imine (C=N–C) groups is 2. The Hall–Kier alpha value is -1.71. The molecule has 4 heteroatoms. The highest BCUT2D eigenvalue weighted by molar-refractivity contribution is 6.03. The number of aldehydes is 1. The Labute approximate surface area is 109 Å². The minimum absolute atomic E-state index is 0.527. The minimum atomic E-state index is 0.527. The molecule has 1 rings (SSSR count). The van der Waals surface area contributed by atoms with Gasteiger partial charge in [-0.2, -0.15) is 0 Å². The van der Waals surface area contributed by atoms with E-state index in [1.54, 1.807) is 13.3 Å². The maximum Gasteiger partial charge on any atom is 0.153 e. The van der Waals surface area contributed by atoms with Crippen LogP contribution < -0.4 is 0 Å². The molecule has 0 amide bonds. The van der Waals surface area contributed by atoms with Crippen LogP contribution in [0.1, 0.15) is 26.7 Å². The zero-order chi connectivity index (χ0) is 13.4. The summed E-state index contributed by atoms with van der Waals surface area (Å²) in [6, 6.07) is 0. The van der Waals surface area contributed by atoms with Gasteiger partial charge in [0.15, 0.2) is 6.29 Å². The molecule has 0 radical (unpaired) electrons. The molecule has 1 saturated heterocycles. The Kier molecular flexibility index (Phi) is 6.05. The first kappa shape index (κ1) is 14.4. The Morgan fingerprint density at radius 3 is 2.44 bits per heavy atom. The van der Waals surface area contributed by atoms with Crippen LogP contribution in [0, 0.1) is 0 Å². The monoisotopic (exact) mass is 247 g/mol. The molecule has 0 unspecified atom stereocenters. The van der Waals surface area contributed by atoms with Gasteiger partial charge in [-0.25, -0.2) is 4.99 Å². The highest BCUT2D eigenvalue weighted by Gasteiger charge is 2.14. The van der Waals surface area contributed by atoms with Gasteiger partial charge in [0.25, 0.3) is 0 Å². The van der Waals surface area contributed by atoms with Crippen molar-refractivity contribution in [3.8, 4) is 0 Å². The summed E-state index contributed by atoms with van der Waals surface area (Å²) in [5, 5.41) is 0. The Balaban J connectivity index is 3.03. The second-order valence-electron chi connectivity index (χ2n) is 4.21. The van der Waals surface area contributed by atoms with Crippen LogP contribution in [0.3, 0.4) is 0 Å². The molecule has 0 bridgehead atoms. The SMILES string of the molecule is C\C=C/C(=N\C(C)=C(/C=O)C=NC)N1CCCC1. The van der Waals surface area contributed by atoms with Gasteiger partial charge < -0.3 is 4.90 Å². The molecule has 1 heterocycles. The number of hydrogen-bond acceptors (Lipinski definition) is 3.